The average Bonchev–Trinajstić information content (AvgIpc) is 3.26. The number of hydrogen-bond donors (Lipinski definition) is 1. The molecule has 0 heterocycles. The first kappa shape index (κ1) is 61.1. The second-order valence-corrected chi connectivity index (χ2v) is 19.2. The van der Waals surface area contributed by atoms with Crippen LogP contribution in [0.2, 0.25) is 0 Å². The Morgan fingerprint density at radius 1 is 0.413 bits per heavy atom. The lowest BCUT2D eigenvalue weighted by Crippen LogP contribution is -2.32. The molecular formula is C54H107N3O6. The molecule has 0 unspecified atom stereocenters. The molecule has 0 bridgehead atoms. The van der Waals surface area contributed by atoms with Crippen LogP contribution in [0.25, 0.3) is 0 Å². The Morgan fingerprint density at radius 3 is 1.11 bits per heavy atom. The lowest BCUT2D eigenvalue weighted by atomic mass is 10.0. The molecule has 0 fully saturated rings. The Morgan fingerprint density at radius 2 is 0.746 bits per heavy atom. The third-order valence-corrected chi connectivity index (χ3v) is 12.5. The van der Waals surface area contributed by atoms with E-state index in [1.165, 1.54) is 173 Å². The van der Waals surface area contributed by atoms with E-state index in [4.69, 9.17) is 14.2 Å². The standard InChI is InChI=1S/C54H107N3O6/c1-6-8-10-12-14-16-18-20-22-24-26-28-30-32-34-43-52(58)61-49-38-41-51(63-54(60)55-45-40-48-57(5)47-37-36-46-56(3)4)42-39-50-62-53(59)44-35-33-31-29-27-25-23-21-19-17-15-13-11-9-7-2/h51H,6-50H2,1-5H3,(H,55,60). The molecular weight excluding hydrogens is 787 g/mol. The van der Waals surface area contributed by atoms with Gasteiger partial charge in [0.25, 0.3) is 0 Å². The van der Waals surface area contributed by atoms with Crippen LogP contribution < -0.4 is 5.32 Å². The Balaban J connectivity index is 4.27. The minimum absolute atomic E-state index is 0.136. The van der Waals surface area contributed by atoms with Crippen molar-refractivity contribution >= 4 is 18.0 Å². The van der Waals surface area contributed by atoms with E-state index in [1.807, 2.05) is 0 Å². The highest BCUT2D eigenvalue weighted by atomic mass is 16.6. The van der Waals surface area contributed by atoms with Gasteiger partial charge in [-0.25, -0.2) is 4.79 Å². The van der Waals surface area contributed by atoms with Gasteiger partial charge < -0.3 is 29.3 Å². The van der Waals surface area contributed by atoms with E-state index in [-0.39, 0.29) is 18.0 Å². The molecule has 0 aliphatic heterocycles. The van der Waals surface area contributed by atoms with Crippen molar-refractivity contribution in [3.8, 4) is 0 Å². The number of nitrogens with one attached hydrogen (secondary N) is 1. The summed E-state index contributed by atoms with van der Waals surface area (Å²) >= 11 is 0. The van der Waals surface area contributed by atoms with Crippen LogP contribution in [-0.2, 0) is 23.8 Å². The predicted molar refractivity (Wildman–Crippen MR) is 268 cm³/mol. The summed E-state index contributed by atoms with van der Waals surface area (Å²) in [5.41, 5.74) is 0. The molecule has 0 aromatic heterocycles. The van der Waals surface area contributed by atoms with Crippen molar-refractivity contribution in [1.29, 1.82) is 0 Å². The van der Waals surface area contributed by atoms with Crippen LogP contribution in [-0.4, -0.2) is 94.5 Å². The molecule has 0 aromatic rings. The zero-order valence-corrected chi connectivity index (χ0v) is 42.7. The smallest absolute Gasteiger partial charge is 0.407 e. The molecule has 63 heavy (non-hydrogen) atoms. The molecule has 0 saturated carbocycles. The average molecular weight is 894 g/mol. The summed E-state index contributed by atoms with van der Waals surface area (Å²) in [5, 5.41) is 2.93. The van der Waals surface area contributed by atoms with Crippen LogP contribution in [0, 0.1) is 0 Å². The number of alkyl carbamates (subject to hydrolysis) is 1. The summed E-state index contributed by atoms with van der Waals surface area (Å²) in [5.74, 6) is -0.271. The second kappa shape index (κ2) is 49.6. The fourth-order valence-electron chi connectivity index (χ4n) is 8.34. The van der Waals surface area contributed by atoms with E-state index < -0.39 is 6.09 Å². The first-order chi connectivity index (χ1) is 30.8. The van der Waals surface area contributed by atoms with Gasteiger partial charge in [-0.3, -0.25) is 9.59 Å². The maximum atomic E-state index is 12.8. The molecule has 0 atom stereocenters. The van der Waals surface area contributed by atoms with Crippen LogP contribution >= 0.6 is 0 Å². The molecule has 0 aliphatic carbocycles. The number of carbonyl (C=O) groups excluding carboxylic acids is 3. The van der Waals surface area contributed by atoms with Crippen molar-refractivity contribution < 1.29 is 28.6 Å². The highest BCUT2D eigenvalue weighted by molar-refractivity contribution is 5.69. The molecule has 1 N–H and O–H groups in total. The van der Waals surface area contributed by atoms with Gasteiger partial charge in [-0.2, -0.15) is 0 Å². The Kier molecular flexibility index (Phi) is 48.1. The number of carbonyl (C=O) groups is 3. The topological polar surface area (TPSA) is 97.4 Å². The largest absolute Gasteiger partial charge is 0.466 e. The van der Waals surface area contributed by atoms with Crippen LogP contribution in [0.4, 0.5) is 4.79 Å². The minimum atomic E-state index is -0.413. The van der Waals surface area contributed by atoms with E-state index in [2.05, 4.69) is 50.1 Å². The zero-order chi connectivity index (χ0) is 46.1. The molecule has 0 radical (unpaired) electrons. The van der Waals surface area contributed by atoms with Crippen LogP contribution in [0.3, 0.4) is 0 Å². The summed E-state index contributed by atoms with van der Waals surface area (Å²) in [6.45, 7) is 8.84. The van der Waals surface area contributed by atoms with Gasteiger partial charge in [-0.1, -0.05) is 194 Å². The highest BCUT2D eigenvalue weighted by Gasteiger charge is 2.16. The van der Waals surface area contributed by atoms with Crippen molar-refractivity contribution in [1.82, 2.24) is 15.1 Å². The van der Waals surface area contributed by atoms with Crippen molar-refractivity contribution in [2.75, 3.05) is 60.5 Å². The van der Waals surface area contributed by atoms with Gasteiger partial charge in [-0.15, -0.1) is 0 Å². The number of hydrogen-bond acceptors (Lipinski definition) is 8. The summed E-state index contributed by atoms with van der Waals surface area (Å²) < 4.78 is 17.0. The van der Waals surface area contributed by atoms with E-state index in [0.717, 1.165) is 58.2 Å². The molecule has 0 rings (SSSR count). The first-order valence-corrected chi connectivity index (χ1v) is 27.4. The van der Waals surface area contributed by atoms with Crippen LogP contribution in [0.15, 0.2) is 0 Å². The van der Waals surface area contributed by atoms with E-state index in [0.29, 0.717) is 58.3 Å². The third kappa shape index (κ3) is 49.4. The first-order valence-electron chi connectivity index (χ1n) is 27.4. The number of esters is 2. The lowest BCUT2D eigenvalue weighted by Gasteiger charge is -2.19. The van der Waals surface area contributed by atoms with Gasteiger partial charge >= 0.3 is 18.0 Å². The third-order valence-electron chi connectivity index (χ3n) is 12.5. The summed E-state index contributed by atoms with van der Waals surface area (Å²) in [6.07, 6.45) is 44.9. The Bertz CT molecular complexity index is 927. The normalized spacial score (nSPS) is 11.6. The van der Waals surface area contributed by atoms with Gasteiger partial charge in [0.05, 0.1) is 13.2 Å². The van der Waals surface area contributed by atoms with Crippen LogP contribution in [0.1, 0.15) is 264 Å². The summed E-state index contributed by atoms with van der Waals surface area (Å²) in [6, 6.07) is 0. The maximum Gasteiger partial charge on any atom is 0.407 e. The molecule has 0 spiro atoms. The van der Waals surface area contributed by atoms with Gasteiger partial charge in [-0.05, 0) is 98.6 Å². The van der Waals surface area contributed by atoms with E-state index in [1.54, 1.807) is 0 Å². The quantitative estimate of drug-likeness (QED) is 0.0366. The molecule has 9 heteroatoms. The summed E-state index contributed by atoms with van der Waals surface area (Å²) in [7, 11) is 6.34. The number of ether oxygens (including phenoxy) is 3. The van der Waals surface area contributed by atoms with Gasteiger partial charge in [0.2, 0.25) is 0 Å². The molecule has 9 nitrogen and oxygen atoms in total. The van der Waals surface area contributed by atoms with Gasteiger partial charge in [0, 0.05) is 19.4 Å². The zero-order valence-electron chi connectivity index (χ0n) is 42.7. The highest BCUT2D eigenvalue weighted by Crippen LogP contribution is 2.17. The Hall–Kier alpha value is -1.87. The fraction of sp³-hybridized carbons (Fsp3) is 0.944. The molecule has 0 aliphatic rings. The van der Waals surface area contributed by atoms with Gasteiger partial charge in [0.15, 0.2) is 0 Å². The van der Waals surface area contributed by atoms with E-state index in [9.17, 15) is 14.4 Å². The maximum absolute atomic E-state index is 12.8. The molecule has 374 valence electrons. The molecule has 0 saturated heterocycles. The number of nitrogens with zero attached hydrogens (tertiary/aromatic N) is 2. The number of rotatable bonds is 50. The Labute approximate surface area is 391 Å². The van der Waals surface area contributed by atoms with Crippen molar-refractivity contribution in [2.24, 2.45) is 0 Å². The fourth-order valence-corrected chi connectivity index (χ4v) is 8.34. The lowest BCUT2D eigenvalue weighted by molar-refractivity contribution is -0.144. The van der Waals surface area contributed by atoms with Crippen molar-refractivity contribution in [2.45, 2.75) is 270 Å². The van der Waals surface area contributed by atoms with E-state index >= 15 is 0 Å². The monoisotopic (exact) mass is 894 g/mol. The van der Waals surface area contributed by atoms with Crippen molar-refractivity contribution in [3.63, 3.8) is 0 Å². The number of amides is 1. The SMILES string of the molecule is CCCCCCCCCCCCCCCCCC(=O)OCCCC(CCCOC(=O)CCCCCCCCCCCCCCCCC)OC(=O)NCCCN(C)CCCCN(C)C. The van der Waals surface area contributed by atoms with Gasteiger partial charge in [0.1, 0.15) is 6.10 Å². The van der Waals surface area contributed by atoms with Crippen molar-refractivity contribution in [3.05, 3.63) is 0 Å². The molecule has 1 amide bonds. The predicted octanol–water partition coefficient (Wildman–Crippen LogP) is 14.9. The van der Waals surface area contributed by atoms with Crippen LogP contribution in [0.5, 0.6) is 0 Å². The number of unbranched alkanes of at least 4 members (excludes halogenated alkanes) is 29. The molecule has 0 aromatic carbocycles. The second-order valence-electron chi connectivity index (χ2n) is 19.2. The summed E-state index contributed by atoms with van der Waals surface area (Å²) in [4.78, 5) is 42.1. The minimum Gasteiger partial charge on any atom is -0.466 e.